The molecule has 0 aliphatic heterocycles. The highest BCUT2D eigenvalue weighted by atomic mass is 16.3. The first kappa shape index (κ1) is 17.0. The van der Waals surface area contributed by atoms with Crippen LogP contribution >= 0.6 is 0 Å². The third-order valence-electron chi connectivity index (χ3n) is 3.58. The Bertz CT molecular complexity index is 337. The summed E-state index contributed by atoms with van der Waals surface area (Å²) in [6.07, 6.45) is 9.22. The van der Waals surface area contributed by atoms with Gasteiger partial charge in [-0.2, -0.15) is 0 Å². The second-order valence-electron chi connectivity index (χ2n) is 5.54. The van der Waals surface area contributed by atoms with E-state index in [0.717, 1.165) is 5.69 Å². The number of aryl methyl sites for hydroxylation is 1. The maximum absolute atomic E-state index is 8.87. The first-order chi connectivity index (χ1) is 9.76. The minimum atomic E-state index is -0.196. The summed E-state index contributed by atoms with van der Waals surface area (Å²) in [7, 11) is 0. The molecule has 0 spiro atoms. The van der Waals surface area contributed by atoms with Crippen LogP contribution in [0.25, 0.3) is 0 Å². The Balaban J connectivity index is 2.18. The zero-order valence-electron chi connectivity index (χ0n) is 12.8. The van der Waals surface area contributed by atoms with Crippen LogP contribution in [0.5, 0.6) is 0 Å². The standard InChI is InChI=1S/C17H30N2O/c1-2-3-4-5-6-7-8-15-9-11-17(12-10-15)19-13-16(18)14-20/h9-12,16,19-20H,2-8,13-14,18H2,1H3/t16-/m1/s1. The fourth-order valence-electron chi connectivity index (χ4n) is 2.21. The van der Waals surface area contributed by atoms with Gasteiger partial charge in [-0.15, -0.1) is 0 Å². The minimum absolute atomic E-state index is 0.0170. The molecule has 1 atom stereocenters. The van der Waals surface area contributed by atoms with Crippen LogP contribution in [-0.2, 0) is 6.42 Å². The van der Waals surface area contributed by atoms with Crippen molar-refractivity contribution < 1.29 is 5.11 Å². The molecule has 4 N–H and O–H groups in total. The van der Waals surface area contributed by atoms with Crippen molar-refractivity contribution in [3.8, 4) is 0 Å². The molecule has 1 rings (SSSR count). The molecule has 0 heterocycles. The number of nitrogens with two attached hydrogens (primary N) is 1. The molecule has 0 amide bonds. The monoisotopic (exact) mass is 278 g/mol. The number of anilines is 1. The average molecular weight is 278 g/mol. The predicted octanol–water partition coefficient (Wildman–Crippen LogP) is 3.32. The Kier molecular flexibility index (Phi) is 9.09. The van der Waals surface area contributed by atoms with Gasteiger partial charge in [-0.25, -0.2) is 0 Å². The van der Waals surface area contributed by atoms with Crippen LogP contribution in [-0.4, -0.2) is 24.3 Å². The lowest BCUT2D eigenvalue weighted by Gasteiger charge is -2.11. The van der Waals surface area contributed by atoms with Gasteiger partial charge in [0.15, 0.2) is 0 Å². The van der Waals surface area contributed by atoms with E-state index in [1.807, 2.05) is 0 Å². The third-order valence-corrected chi connectivity index (χ3v) is 3.58. The number of rotatable bonds is 11. The zero-order valence-corrected chi connectivity index (χ0v) is 12.8. The maximum atomic E-state index is 8.87. The molecule has 0 bridgehead atoms. The Morgan fingerprint density at radius 1 is 1.05 bits per heavy atom. The molecule has 3 heteroatoms. The minimum Gasteiger partial charge on any atom is -0.395 e. The van der Waals surface area contributed by atoms with Crippen molar-refractivity contribution >= 4 is 5.69 Å². The normalized spacial score (nSPS) is 12.3. The van der Waals surface area contributed by atoms with Crippen LogP contribution < -0.4 is 11.1 Å². The average Bonchev–Trinajstić information content (AvgIpc) is 2.49. The number of nitrogens with one attached hydrogen (secondary N) is 1. The van der Waals surface area contributed by atoms with E-state index in [4.69, 9.17) is 10.8 Å². The fourth-order valence-corrected chi connectivity index (χ4v) is 2.21. The number of hydrogen-bond donors (Lipinski definition) is 3. The fraction of sp³-hybridized carbons (Fsp3) is 0.647. The summed E-state index contributed by atoms with van der Waals surface area (Å²) >= 11 is 0. The van der Waals surface area contributed by atoms with Crippen LogP contribution in [0, 0.1) is 0 Å². The van der Waals surface area contributed by atoms with Crippen molar-refractivity contribution in [1.29, 1.82) is 0 Å². The number of unbranched alkanes of at least 4 members (excludes halogenated alkanes) is 5. The van der Waals surface area contributed by atoms with Crippen molar-refractivity contribution in [2.75, 3.05) is 18.5 Å². The topological polar surface area (TPSA) is 58.3 Å². The van der Waals surface area contributed by atoms with E-state index in [1.165, 1.54) is 50.5 Å². The predicted molar refractivity (Wildman–Crippen MR) is 87.1 cm³/mol. The van der Waals surface area contributed by atoms with E-state index in [2.05, 4.69) is 36.5 Å². The summed E-state index contributed by atoms with van der Waals surface area (Å²) in [5.41, 5.74) is 8.12. The molecule has 20 heavy (non-hydrogen) atoms. The molecule has 0 saturated carbocycles. The summed E-state index contributed by atoms with van der Waals surface area (Å²) in [4.78, 5) is 0. The molecule has 0 fully saturated rings. The van der Waals surface area contributed by atoms with Gasteiger partial charge in [-0.3, -0.25) is 0 Å². The second kappa shape index (κ2) is 10.7. The number of aliphatic hydroxyl groups excluding tert-OH is 1. The molecule has 0 unspecified atom stereocenters. The van der Waals surface area contributed by atoms with Gasteiger partial charge < -0.3 is 16.2 Å². The highest BCUT2D eigenvalue weighted by Gasteiger charge is 2.00. The van der Waals surface area contributed by atoms with Crippen molar-refractivity contribution in [2.24, 2.45) is 5.73 Å². The van der Waals surface area contributed by atoms with Gasteiger partial charge in [-0.05, 0) is 30.5 Å². The van der Waals surface area contributed by atoms with Crippen LogP contribution in [0.15, 0.2) is 24.3 Å². The molecular weight excluding hydrogens is 248 g/mol. The quantitative estimate of drug-likeness (QED) is 0.544. The lowest BCUT2D eigenvalue weighted by Crippen LogP contribution is -2.32. The van der Waals surface area contributed by atoms with E-state index < -0.39 is 0 Å². The first-order valence-electron chi connectivity index (χ1n) is 7.95. The number of aliphatic hydroxyl groups is 1. The molecule has 1 aromatic carbocycles. The Morgan fingerprint density at radius 3 is 2.35 bits per heavy atom. The molecule has 0 saturated heterocycles. The van der Waals surface area contributed by atoms with Gasteiger partial charge in [0.05, 0.1) is 6.61 Å². The summed E-state index contributed by atoms with van der Waals surface area (Å²) in [5.74, 6) is 0. The lowest BCUT2D eigenvalue weighted by atomic mass is 10.0. The van der Waals surface area contributed by atoms with E-state index in [9.17, 15) is 0 Å². The molecular formula is C17H30N2O. The molecule has 114 valence electrons. The summed E-state index contributed by atoms with van der Waals surface area (Å²) in [6.45, 7) is 2.87. The molecule has 0 aliphatic rings. The van der Waals surface area contributed by atoms with Crippen molar-refractivity contribution in [3.05, 3.63) is 29.8 Å². The van der Waals surface area contributed by atoms with Gasteiger partial charge in [0, 0.05) is 18.3 Å². The Morgan fingerprint density at radius 2 is 1.70 bits per heavy atom. The highest BCUT2D eigenvalue weighted by Crippen LogP contribution is 2.13. The van der Waals surface area contributed by atoms with E-state index in [1.54, 1.807) is 0 Å². The van der Waals surface area contributed by atoms with E-state index in [0.29, 0.717) is 6.54 Å². The van der Waals surface area contributed by atoms with Crippen LogP contribution in [0.2, 0.25) is 0 Å². The summed E-state index contributed by atoms with van der Waals surface area (Å²) in [5, 5.41) is 12.1. The number of hydrogen-bond acceptors (Lipinski definition) is 3. The van der Waals surface area contributed by atoms with Crippen molar-refractivity contribution in [1.82, 2.24) is 0 Å². The SMILES string of the molecule is CCCCCCCCc1ccc(NC[C@@H](N)CO)cc1. The maximum Gasteiger partial charge on any atom is 0.0599 e. The van der Waals surface area contributed by atoms with Crippen molar-refractivity contribution in [2.45, 2.75) is 57.9 Å². The molecule has 3 nitrogen and oxygen atoms in total. The first-order valence-corrected chi connectivity index (χ1v) is 7.95. The molecule has 0 aliphatic carbocycles. The summed E-state index contributed by atoms with van der Waals surface area (Å²) < 4.78 is 0. The van der Waals surface area contributed by atoms with Gasteiger partial charge in [0.2, 0.25) is 0 Å². The Hall–Kier alpha value is -1.06. The molecule has 0 aromatic heterocycles. The van der Waals surface area contributed by atoms with Crippen LogP contribution in [0.3, 0.4) is 0 Å². The van der Waals surface area contributed by atoms with Gasteiger partial charge in [0.25, 0.3) is 0 Å². The van der Waals surface area contributed by atoms with E-state index >= 15 is 0 Å². The smallest absolute Gasteiger partial charge is 0.0599 e. The lowest BCUT2D eigenvalue weighted by molar-refractivity contribution is 0.270. The van der Waals surface area contributed by atoms with Crippen molar-refractivity contribution in [3.63, 3.8) is 0 Å². The Labute approximate surface area is 123 Å². The number of benzene rings is 1. The second-order valence-corrected chi connectivity index (χ2v) is 5.54. The van der Waals surface area contributed by atoms with Gasteiger partial charge in [-0.1, -0.05) is 51.2 Å². The molecule has 1 aromatic rings. The highest BCUT2D eigenvalue weighted by molar-refractivity contribution is 5.44. The van der Waals surface area contributed by atoms with Crippen LogP contribution in [0.4, 0.5) is 5.69 Å². The van der Waals surface area contributed by atoms with Crippen LogP contribution in [0.1, 0.15) is 51.0 Å². The largest absolute Gasteiger partial charge is 0.395 e. The summed E-state index contributed by atoms with van der Waals surface area (Å²) in [6, 6.07) is 8.35. The zero-order chi connectivity index (χ0) is 14.6. The molecule has 0 radical (unpaired) electrons. The third kappa shape index (κ3) is 7.51. The van der Waals surface area contributed by atoms with E-state index in [-0.39, 0.29) is 12.6 Å². The van der Waals surface area contributed by atoms with Gasteiger partial charge in [0.1, 0.15) is 0 Å². The van der Waals surface area contributed by atoms with Gasteiger partial charge >= 0.3 is 0 Å².